The average molecular weight is 269 g/mol. The molecule has 0 heterocycles. The van der Waals surface area contributed by atoms with Crippen LogP contribution in [-0.4, -0.2) is 5.11 Å². The van der Waals surface area contributed by atoms with Crippen LogP contribution in [0.5, 0.6) is 0 Å². The van der Waals surface area contributed by atoms with Gasteiger partial charge in [0.1, 0.15) is 6.10 Å². The first-order chi connectivity index (χ1) is 9.25. The van der Waals surface area contributed by atoms with Gasteiger partial charge in [0.2, 0.25) is 0 Å². The molecule has 0 spiro atoms. The summed E-state index contributed by atoms with van der Waals surface area (Å²) in [6, 6.07) is 21.4. The summed E-state index contributed by atoms with van der Waals surface area (Å²) in [6.45, 7) is 0. The number of aliphatic hydroxyl groups is 1. The maximum atomic E-state index is 10.5. The monoisotopic (exact) mass is 268 g/mol. The highest BCUT2D eigenvalue weighted by molar-refractivity contribution is 6.30. The Bertz CT molecular complexity index is 699. The Morgan fingerprint density at radius 1 is 0.789 bits per heavy atom. The molecule has 1 N–H and O–H groups in total. The number of halogens is 1. The van der Waals surface area contributed by atoms with E-state index in [-0.39, 0.29) is 0 Å². The lowest BCUT2D eigenvalue weighted by Gasteiger charge is -2.14. The zero-order valence-corrected chi connectivity index (χ0v) is 11.0. The molecule has 1 nitrogen and oxygen atoms in total. The van der Waals surface area contributed by atoms with Crippen LogP contribution in [0.25, 0.3) is 10.8 Å². The minimum absolute atomic E-state index is 0.636. The van der Waals surface area contributed by atoms with Crippen LogP contribution in [-0.2, 0) is 0 Å². The Morgan fingerprint density at radius 2 is 1.47 bits per heavy atom. The standard InChI is InChI=1S/C17H13ClO/c18-14-10-8-13(9-11-14)17(19)16-7-3-5-12-4-1-2-6-15(12)16/h1-11,17,19H. The fourth-order valence-electron chi connectivity index (χ4n) is 2.31. The lowest BCUT2D eigenvalue weighted by Crippen LogP contribution is -2.00. The molecule has 94 valence electrons. The summed E-state index contributed by atoms with van der Waals surface area (Å²) in [5.74, 6) is 0. The summed E-state index contributed by atoms with van der Waals surface area (Å²) in [7, 11) is 0. The van der Waals surface area contributed by atoms with Crippen LogP contribution in [0.4, 0.5) is 0 Å². The summed E-state index contributed by atoms with van der Waals surface area (Å²) < 4.78 is 0. The topological polar surface area (TPSA) is 20.2 Å². The van der Waals surface area contributed by atoms with Crippen LogP contribution in [0.1, 0.15) is 17.2 Å². The van der Waals surface area contributed by atoms with Gasteiger partial charge in [-0.15, -0.1) is 0 Å². The van der Waals surface area contributed by atoms with E-state index in [1.807, 2.05) is 54.6 Å². The lowest BCUT2D eigenvalue weighted by molar-refractivity contribution is 0.222. The van der Waals surface area contributed by atoms with Crippen molar-refractivity contribution in [3.63, 3.8) is 0 Å². The molecule has 0 bridgehead atoms. The van der Waals surface area contributed by atoms with Crippen LogP contribution in [0.15, 0.2) is 66.7 Å². The predicted octanol–water partition coefficient (Wildman–Crippen LogP) is 4.57. The molecule has 3 aromatic rings. The van der Waals surface area contributed by atoms with Gasteiger partial charge in [0.25, 0.3) is 0 Å². The maximum Gasteiger partial charge on any atom is 0.105 e. The van der Waals surface area contributed by atoms with Crippen LogP contribution in [0.2, 0.25) is 5.02 Å². The van der Waals surface area contributed by atoms with Gasteiger partial charge in [-0.2, -0.15) is 0 Å². The van der Waals surface area contributed by atoms with Gasteiger partial charge in [-0.3, -0.25) is 0 Å². The molecule has 0 aliphatic rings. The molecule has 0 amide bonds. The third-order valence-electron chi connectivity index (χ3n) is 3.30. The van der Waals surface area contributed by atoms with Gasteiger partial charge in [-0.1, -0.05) is 66.2 Å². The summed E-state index contributed by atoms with van der Waals surface area (Å²) >= 11 is 5.88. The fourth-order valence-corrected chi connectivity index (χ4v) is 2.44. The number of fused-ring (bicyclic) bond motifs is 1. The van der Waals surface area contributed by atoms with Crippen LogP contribution in [0.3, 0.4) is 0 Å². The summed E-state index contributed by atoms with van der Waals surface area (Å²) in [5, 5.41) is 13.4. The van der Waals surface area contributed by atoms with Crippen LogP contribution in [0, 0.1) is 0 Å². The van der Waals surface area contributed by atoms with Crippen LogP contribution >= 0.6 is 11.6 Å². The van der Waals surface area contributed by atoms with Crippen molar-refractivity contribution in [1.29, 1.82) is 0 Å². The number of hydrogen-bond acceptors (Lipinski definition) is 1. The third-order valence-corrected chi connectivity index (χ3v) is 3.56. The fraction of sp³-hybridized carbons (Fsp3) is 0.0588. The lowest BCUT2D eigenvalue weighted by atomic mass is 9.96. The Balaban J connectivity index is 2.11. The van der Waals surface area contributed by atoms with Crippen molar-refractivity contribution < 1.29 is 5.11 Å². The van der Waals surface area contributed by atoms with E-state index in [2.05, 4.69) is 0 Å². The molecule has 1 atom stereocenters. The molecule has 1 unspecified atom stereocenters. The molecule has 0 aliphatic heterocycles. The molecule has 3 aromatic carbocycles. The molecule has 0 aliphatic carbocycles. The van der Waals surface area contributed by atoms with Crippen molar-refractivity contribution in [3.8, 4) is 0 Å². The van der Waals surface area contributed by atoms with Crippen molar-refractivity contribution in [3.05, 3.63) is 82.9 Å². The summed E-state index contributed by atoms with van der Waals surface area (Å²) in [4.78, 5) is 0. The number of hydrogen-bond donors (Lipinski definition) is 1. The van der Waals surface area contributed by atoms with Crippen molar-refractivity contribution in [2.24, 2.45) is 0 Å². The smallest absolute Gasteiger partial charge is 0.105 e. The van der Waals surface area contributed by atoms with Crippen LogP contribution < -0.4 is 0 Å². The first kappa shape index (κ1) is 12.2. The highest BCUT2D eigenvalue weighted by atomic mass is 35.5. The van der Waals surface area contributed by atoms with Crippen molar-refractivity contribution in [1.82, 2.24) is 0 Å². The van der Waals surface area contributed by atoms with E-state index in [0.717, 1.165) is 21.9 Å². The van der Waals surface area contributed by atoms with Gasteiger partial charge >= 0.3 is 0 Å². The third kappa shape index (κ3) is 2.35. The Hall–Kier alpha value is -1.83. The van der Waals surface area contributed by atoms with Gasteiger partial charge in [0.15, 0.2) is 0 Å². The molecular weight excluding hydrogens is 256 g/mol. The second-order valence-electron chi connectivity index (χ2n) is 4.52. The Morgan fingerprint density at radius 3 is 2.26 bits per heavy atom. The van der Waals surface area contributed by atoms with Gasteiger partial charge < -0.3 is 5.11 Å². The second kappa shape index (κ2) is 5.04. The van der Waals surface area contributed by atoms with E-state index in [1.54, 1.807) is 12.1 Å². The maximum absolute atomic E-state index is 10.5. The first-order valence-electron chi connectivity index (χ1n) is 6.17. The molecule has 19 heavy (non-hydrogen) atoms. The van der Waals surface area contributed by atoms with E-state index >= 15 is 0 Å². The summed E-state index contributed by atoms with van der Waals surface area (Å²) in [5.41, 5.74) is 1.76. The van der Waals surface area contributed by atoms with E-state index in [0.29, 0.717) is 5.02 Å². The molecule has 2 heteroatoms. The van der Waals surface area contributed by atoms with E-state index in [9.17, 15) is 5.11 Å². The normalized spacial score (nSPS) is 12.5. The minimum Gasteiger partial charge on any atom is -0.384 e. The largest absolute Gasteiger partial charge is 0.384 e. The van der Waals surface area contributed by atoms with E-state index < -0.39 is 6.10 Å². The van der Waals surface area contributed by atoms with Crippen molar-refractivity contribution >= 4 is 22.4 Å². The zero-order valence-electron chi connectivity index (χ0n) is 10.3. The van der Waals surface area contributed by atoms with Gasteiger partial charge in [-0.05, 0) is 34.0 Å². The minimum atomic E-state index is -0.636. The zero-order chi connectivity index (χ0) is 13.2. The van der Waals surface area contributed by atoms with Crippen molar-refractivity contribution in [2.75, 3.05) is 0 Å². The van der Waals surface area contributed by atoms with E-state index in [4.69, 9.17) is 11.6 Å². The second-order valence-corrected chi connectivity index (χ2v) is 4.96. The average Bonchev–Trinajstić information content (AvgIpc) is 2.47. The Labute approximate surface area is 117 Å². The van der Waals surface area contributed by atoms with Gasteiger partial charge in [0, 0.05) is 5.02 Å². The predicted molar refractivity (Wildman–Crippen MR) is 79.5 cm³/mol. The first-order valence-corrected chi connectivity index (χ1v) is 6.55. The molecule has 0 saturated carbocycles. The van der Waals surface area contributed by atoms with Gasteiger partial charge in [0.05, 0.1) is 0 Å². The molecule has 3 rings (SSSR count). The molecule has 0 radical (unpaired) electrons. The van der Waals surface area contributed by atoms with Gasteiger partial charge in [-0.25, -0.2) is 0 Å². The molecule has 0 fully saturated rings. The Kier molecular flexibility index (Phi) is 3.24. The highest BCUT2D eigenvalue weighted by Gasteiger charge is 2.12. The number of aliphatic hydroxyl groups excluding tert-OH is 1. The number of benzene rings is 3. The molecule has 0 saturated heterocycles. The van der Waals surface area contributed by atoms with E-state index in [1.165, 1.54) is 0 Å². The highest BCUT2D eigenvalue weighted by Crippen LogP contribution is 2.29. The summed E-state index contributed by atoms with van der Waals surface area (Å²) in [6.07, 6.45) is -0.636. The quantitative estimate of drug-likeness (QED) is 0.722. The van der Waals surface area contributed by atoms with Crippen molar-refractivity contribution in [2.45, 2.75) is 6.10 Å². The number of rotatable bonds is 2. The molecular formula is C17H13ClO. The molecule has 0 aromatic heterocycles. The SMILES string of the molecule is OC(c1ccc(Cl)cc1)c1cccc2ccccc12.